The predicted molar refractivity (Wildman–Crippen MR) is 95.9 cm³/mol. The van der Waals surface area contributed by atoms with Gasteiger partial charge >= 0.3 is 0 Å². The Balaban J connectivity index is 2.24. The van der Waals surface area contributed by atoms with E-state index < -0.39 is 38.1 Å². The molecule has 1 fully saturated rings. The first-order chi connectivity index (χ1) is 12.3. The molecule has 1 aromatic rings. The van der Waals surface area contributed by atoms with Crippen molar-refractivity contribution in [3.63, 3.8) is 0 Å². The molecule has 0 bridgehead atoms. The topological polar surface area (TPSA) is 72.2 Å². The Morgan fingerprint density at radius 3 is 1.77 bits per heavy atom. The third-order valence-electron chi connectivity index (χ3n) is 4.87. The molecule has 1 aliphatic carbocycles. The van der Waals surface area contributed by atoms with Gasteiger partial charge in [-0.25, -0.2) is 26.7 Å². The highest BCUT2D eigenvalue weighted by Gasteiger charge is 2.28. The summed E-state index contributed by atoms with van der Waals surface area (Å²) in [5.74, 6) is -4.38. The molecule has 3 N–H and O–H groups in total. The lowest BCUT2D eigenvalue weighted by Crippen LogP contribution is -2.25. The maximum atomic E-state index is 14.2. The first-order valence-corrected chi connectivity index (χ1v) is 10.8. The molecule has 0 spiro atoms. The molecule has 26 heavy (non-hydrogen) atoms. The number of nitrogens with one attached hydrogen (secondary N) is 1. The summed E-state index contributed by atoms with van der Waals surface area (Å²) >= 11 is 0. The lowest BCUT2D eigenvalue weighted by Gasteiger charge is -2.22. The van der Waals surface area contributed by atoms with Gasteiger partial charge in [-0.1, -0.05) is 57.8 Å². The van der Waals surface area contributed by atoms with Crippen LogP contribution in [0.1, 0.15) is 70.6 Å². The van der Waals surface area contributed by atoms with Crippen molar-refractivity contribution in [2.45, 2.75) is 81.6 Å². The van der Waals surface area contributed by atoms with Crippen LogP contribution in [0.3, 0.4) is 0 Å². The summed E-state index contributed by atoms with van der Waals surface area (Å²) in [6.45, 7) is 0. The van der Waals surface area contributed by atoms with E-state index in [2.05, 4.69) is 5.32 Å². The molecule has 0 aliphatic heterocycles. The van der Waals surface area contributed by atoms with E-state index in [1.807, 2.05) is 0 Å². The second kappa shape index (κ2) is 9.60. The van der Waals surface area contributed by atoms with E-state index in [0.717, 1.165) is 38.5 Å². The van der Waals surface area contributed by atoms with Gasteiger partial charge in [-0.3, -0.25) is 0 Å². The third kappa shape index (κ3) is 5.87. The molecule has 0 aromatic heterocycles. The van der Waals surface area contributed by atoms with Crippen molar-refractivity contribution in [1.29, 1.82) is 0 Å². The molecular formula is C18H27F3N2O2S. The average molecular weight is 392 g/mol. The Hall–Kier alpha value is -1.28. The number of sulfonamides is 1. The molecule has 2 rings (SSSR count). The van der Waals surface area contributed by atoms with Crippen molar-refractivity contribution in [1.82, 2.24) is 0 Å². The van der Waals surface area contributed by atoms with Gasteiger partial charge in [-0.15, -0.1) is 0 Å². The number of benzene rings is 1. The van der Waals surface area contributed by atoms with Crippen molar-refractivity contribution in [2.75, 3.05) is 5.32 Å². The van der Waals surface area contributed by atoms with Gasteiger partial charge in [0.2, 0.25) is 10.0 Å². The van der Waals surface area contributed by atoms with Crippen LogP contribution in [0.25, 0.3) is 0 Å². The number of hydrogen-bond donors (Lipinski definition) is 2. The van der Waals surface area contributed by atoms with Crippen LogP contribution >= 0.6 is 0 Å². The summed E-state index contributed by atoms with van der Waals surface area (Å²) in [6, 6.07) is 0.135. The standard InChI is InChI=1S/C18H27F3N2O2S/c19-14-12-15(20)17(18(16(14)21)26(22,24)25)23-13-10-8-6-4-2-1-3-5-7-9-11-13/h12-13,23H,1-11H2,(H2,22,24,25). The zero-order valence-electron chi connectivity index (χ0n) is 14.9. The number of rotatable bonds is 3. The number of halogens is 3. The van der Waals surface area contributed by atoms with Gasteiger partial charge < -0.3 is 5.32 Å². The van der Waals surface area contributed by atoms with Gasteiger partial charge in [-0.05, 0) is 12.8 Å². The molecule has 0 heterocycles. The Labute approximate surface area is 153 Å². The largest absolute Gasteiger partial charge is 0.379 e. The smallest absolute Gasteiger partial charge is 0.243 e. The summed E-state index contributed by atoms with van der Waals surface area (Å²) in [5.41, 5.74) is -0.566. The second-order valence-corrected chi connectivity index (χ2v) is 8.50. The predicted octanol–water partition coefficient (Wildman–Crippen LogP) is 4.84. The Bertz CT molecular complexity index is 699. The van der Waals surface area contributed by atoms with Gasteiger partial charge in [0, 0.05) is 12.1 Å². The first kappa shape index (κ1) is 21.0. The quantitative estimate of drug-likeness (QED) is 0.723. The fraction of sp³-hybridized carbons (Fsp3) is 0.667. The highest BCUT2D eigenvalue weighted by Crippen LogP contribution is 2.31. The minimum atomic E-state index is -4.62. The molecule has 1 saturated carbocycles. The third-order valence-corrected chi connectivity index (χ3v) is 5.82. The van der Waals surface area contributed by atoms with Gasteiger partial charge in [0.25, 0.3) is 0 Å². The van der Waals surface area contributed by atoms with E-state index in [1.165, 1.54) is 19.3 Å². The summed E-state index contributed by atoms with van der Waals surface area (Å²) in [7, 11) is -4.62. The van der Waals surface area contributed by atoms with E-state index in [1.54, 1.807) is 0 Å². The fourth-order valence-corrected chi connectivity index (χ4v) is 4.28. The molecule has 1 aromatic carbocycles. The van der Waals surface area contributed by atoms with Crippen LogP contribution in [0.5, 0.6) is 0 Å². The molecule has 0 unspecified atom stereocenters. The van der Waals surface area contributed by atoms with E-state index in [-0.39, 0.29) is 6.04 Å². The minimum absolute atomic E-state index is 0.214. The van der Waals surface area contributed by atoms with E-state index in [9.17, 15) is 21.6 Å². The highest BCUT2D eigenvalue weighted by molar-refractivity contribution is 7.89. The van der Waals surface area contributed by atoms with Crippen LogP contribution in [-0.4, -0.2) is 14.5 Å². The summed E-state index contributed by atoms with van der Waals surface area (Å²) < 4.78 is 65.1. The highest BCUT2D eigenvalue weighted by atomic mass is 32.2. The van der Waals surface area contributed by atoms with Crippen LogP contribution in [0.2, 0.25) is 0 Å². The maximum absolute atomic E-state index is 14.2. The lowest BCUT2D eigenvalue weighted by atomic mass is 9.97. The van der Waals surface area contributed by atoms with E-state index >= 15 is 0 Å². The molecule has 1 aliphatic rings. The molecule has 4 nitrogen and oxygen atoms in total. The summed E-state index contributed by atoms with van der Waals surface area (Å²) in [4.78, 5) is -1.14. The zero-order valence-corrected chi connectivity index (χ0v) is 15.7. The Morgan fingerprint density at radius 1 is 0.846 bits per heavy atom. The average Bonchev–Trinajstić information content (AvgIpc) is 2.53. The molecule has 148 valence electrons. The molecule has 0 amide bonds. The van der Waals surface area contributed by atoms with E-state index in [4.69, 9.17) is 5.14 Å². The van der Waals surface area contributed by atoms with Gasteiger partial charge in [-0.2, -0.15) is 0 Å². The minimum Gasteiger partial charge on any atom is -0.379 e. The van der Waals surface area contributed by atoms with Crippen molar-refractivity contribution >= 4 is 15.7 Å². The maximum Gasteiger partial charge on any atom is 0.243 e. The SMILES string of the molecule is NS(=O)(=O)c1c(F)c(F)cc(F)c1NC1CCCCCCCCCCC1. The molecule has 0 radical (unpaired) electrons. The molecular weight excluding hydrogens is 365 g/mol. The lowest BCUT2D eigenvalue weighted by molar-refractivity contribution is 0.463. The van der Waals surface area contributed by atoms with Crippen LogP contribution < -0.4 is 10.5 Å². The van der Waals surface area contributed by atoms with Crippen molar-refractivity contribution in [3.05, 3.63) is 23.5 Å². The number of hydrogen-bond acceptors (Lipinski definition) is 3. The van der Waals surface area contributed by atoms with Crippen LogP contribution in [0.4, 0.5) is 18.9 Å². The number of primary sulfonamides is 1. The van der Waals surface area contributed by atoms with Gasteiger partial charge in [0.15, 0.2) is 17.5 Å². The Morgan fingerprint density at radius 2 is 1.31 bits per heavy atom. The van der Waals surface area contributed by atoms with Gasteiger partial charge in [0.1, 0.15) is 4.90 Å². The fourth-order valence-electron chi connectivity index (χ4n) is 3.49. The zero-order chi connectivity index (χ0) is 19.2. The van der Waals surface area contributed by atoms with Crippen LogP contribution in [-0.2, 0) is 10.0 Å². The molecule has 0 saturated heterocycles. The number of anilines is 1. The molecule has 8 heteroatoms. The second-order valence-electron chi connectivity index (χ2n) is 7.00. The van der Waals surface area contributed by atoms with Crippen molar-refractivity contribution in [3.8, 4) is 0 Å². The van der Waals surface area contributed by atoms with Crippen molar-refractivity contribution < 1.29 is 21.6 Å². The normalized spacial score (nSPS) is 18.8. The van der Waals surface area contributed by atoms with Crippen molar-refractivity contribution in [2.24, 2.45) is 5.14 Å². The van der Waals surface area contributed by atoms with Crippen LogP contribution in [0, 0.1) is 17.5 Å². The summed E-state index contributed by atoms with van der Waals surface area (Å²) in [5, 5.41) is 7.80. The monoisotopic (exact) mass is 392 g/mol. The molecule has 0 atom stereocenters. The first-order valence-electron chi connectivity index (χ1n) is 9.27. The van der Waals surface area contributed by atoms with Gasteiger partial charge in [0.05, 0.1) is 5.69 Å². The summed E-state index contributed by atoms with van der Waals surface area (Å²) in [6.07, 6.45) is 11.2. The Kier molecular flexibility index (Phi) is 7.76. The van der Waals surface area contributed by atoms with E-state index in [0.29, 0.717) is 18.9 Å². The van der Waals surface area contributed by atoms with Crippen LogP contribution in [0.15, 0.2) is 11.0 Å². The number of nitrogens with two attached hydrogens (primary N) is 1.